The number of aryl methyl sites for hydroxylation is 1. The van der Waals surface area contributed by atoms with Crippen LogP contribution in [-0.2, 0) is 11.8 Å². The number of aliphatic imine (C=N–C) groups is 1. The zero-order valence-electron chi connectivity index (χ0n) is 17.4. The van der Waals surface area contributed by atoms with E-state index in [0.717, 1.165) is 35.8 Å². The second-order valence-electron chi connectivity index (χ2n) is 7.65. The number of benzene rings is 1. The average molecular weight is 509 g/mol. The SMILES string of the molecule is CN=C(NCCc1cn2cccc(C)c2n1)NCC(C)(C)c1cccc(F)c1.I. The van der Waals surface area contributed by atoms with E-state index < -0.39 is 0 Å². The van der Waals surface area contributed by atoms with Gasteiger partial charge in [-0.3, -0.25) is 4.99 Å². The molecule has 3 aromatic rings. The fourth-order valence-corrected chi connectivity index (χ4v) is 3.17. The minimum absolute atomic E-state index is 0. The second kappa shape index (κ2) is 10.0. The highest BCUT2D eigenvalue weighted by molar-refractivity contribution is 14.0. The van der Waals surface area contributed by atoms with Gasteiger partial charge in [0, 0.05) is 44.4 Å². The maximum Gasteiger partial charge on any atom is 0.191 e. The van der Waals surface area contributed by atoms with E-state index in [1.807, 2.05) is 18.3 Å². The van der Waals surface area contributed by atoms with E-state index in [2.05, 4.69) is 53.1 Å². The predicted molar refractivity (Wildman–Crippen MR) is 128 cm³/mol. The van der Waals surface area contributed by atoms with Gasteiger partial charge in [0.25, 0.3) is 0 Å². The van der Waals surface area contributed by atoms with Gasteiger partial charge in [0.15, 0.2) is 5.96 Å². The first-order valence-corrected chi connectivity index (χ1v) is 9.53. The third-order valence-electron chi connectivity index (χ3n) is 4.93. The third-order valence-corrected chi connectivity index (χ3v) is 4.93. The molecule has 0 spiro atoms. The highest BCUT2D eigenvalue weighted by Crippen LogP contribution is 2.22. The summed E-state index contributed by atoms with van der Waals surface area (Å²) in [7, 11) is 1.75. The first kappa shape index (κ1) is 23.1. The van der Waals surface area contributed by atoms with Crippen LogP contribution in [0.4, 0.5) is 4.39 Å². The minimum atomic E-state index is -0.223. The molecule has 0 unspecified atom stereocenters. The van der Waals surface area contributed by atoms with E-state index in [9.17, 15) is 4.39 Å². The number of nitrogens with zero attached hydrogens (tertiary/aromatic N) is 3. The standard InChI is InChI=1S/C22H28FN5.HI/c1-16-7-6-12-28-14-19(27-20(16)28)10-11-25-21(24-4)26-15-22(2,3)17-8-5-9-18(23)13-17;/h5-9,12-14H,10-11,15H2,1-4H3,(H2,24,25,26);1H. The molecule has 0 atom stereocenters. The Morgan fingerprint density at radius 2 is 2.00 bits per heavy atom. The molecule has 2 heterocycles. The van der Waals surface area contributed by atoms with Crippen molar-refractivity contribution in [1.82, 2.24) is 20.0 Å². The summed E-state index contributed by atoms with van der Waals surface area (Å²) < 4.78 is 15.6. The van der Waals surface area contributed by atoms with Gasteiger partial charge in [-0.15, -0.1) is 24.0 Å². The number of aromatic nitrogens is 2. The molecule has 1 aromatic carbocycles. The van der Waals surface area contributed by atoms with Gasteiger partial charge in [-0.2, -0.15) is 0 Å². The van der Waals surface area contributed by atoms with Crippen LogP contribution in [0.15, 0.2) is 53.8 Å². The van der Waals surface area contributed by atoms with Crippen LogP contribution in [0.1, 0.15) is 30.7 Å². The van der Waals surface area contributed by atoms with Gasteiger partial charge in [-0.1, -0.05) is 32.0 Å². The Morgan fingerprint density at radius 3 is 2.69 bits per heavy atom. The molecule has 0 radical (unpaired) electrons. The van der Waals surface area contributed by atoms with Gasteiger partial charge in [-0.25, -0.2) is 9.37 Å². The summed E-state index contributed by atoms with van der Waals surface area (Å²) in [5, 5.41) is 6.67. The molecule has 5 nitrogen and oxygen atoms in total. The molecule has 0 fully saturated rings. The molecule has 2 aromatic heterocycles. The lowest BCUT2D eigenvalue weighted by molar-refractivity contribution is 0.503. The summed E-state index contributed by atoms with van der Waals surface area (Å²) in [4.78, 5) is 8.98. The lowest BCUT2D eigenvalue weighted by Gasteiger charge is -2.26. The highest BCUT2D eigenvalue weighted by Gasteiger charge is 2.21. The summed E-state index contributed by atoms with van der Waals surface area (Å²) in [6.45, 7) is 7.60. The Balaban J connectivity index is 0.00000300. The fourth-order valence-electron chi connectivity index (χ4n) is 3.17. The average Bonchev–Trinajstić information content (AvgIpc) is 3.09. The van der Waals surface area contributed by atoms with Gasteiger partial charge < -0.3 is 15.0 Å². The van der Waals surface area contributed by atoms with Crippen LogP contribution in [0.5, 0.6) is 0 Å². The largest absolute Gasteiger partial charge is 0.356 e. The Labute approximate surface area is 188 Å². The van der Waals surface area contributed by atoms with Crippen molar-refractivity contribution in [3.63, 3.8) is 0 Å². The predicted octanol–water partition coefficient (Wildman–Crippen LogP) is 4.09. The van der Waals surface area contributed by atoms with Crippen LogP contribution >= 0.6 is 24.0 Å². The van der Waals surface area contributed by atoms with E-state index >= 15 is 0 Å². The molecule has 0 aliphatic rings. The van der Waals surface area contributed by atoms with Crippen molar-refractivity contribution in [1.29, 1.82) is 0 Å². The number of rotatable bonds is 6. The molecule has 156 valence electrons. The van der Waals surface area contributed by atoms with Gasteiger partial charge in [0.1, 0.15) is 11.5 Å². The summed E-state index contributed by atoms with van der Waals surface area (Å²) in [5.74, 6) is 0.514. The minimum Gasteiger partial charge on any atom is -0.356 e. The van der Waals surface area contributed by atoms with E-state index in [1.165, 1.54) is 11.6 Å². The number of hydrogen-bond donors (Lipinski definition) is 2. The maximum absolute atomic E-state index is 13.5. The molecular formula is C22H29FIN5. The van der Waals surface area contributed by atoms with Crippen molar-refractivity contribution in [2.24, 2.45) is 4.99 Å². The summed E-state index contributed by atoms with van der Waals surface area (Å²) in [6, 6.07) is 10.8. The molecule has 0 saturated carbocycles. The van der Waals surface area contributed by atoms with Crippen LogP contribution in [-0.4, -0.2) is 35.5 Å². The molecule has 2 N–H and O–H groups in total. The van der Waals surface area contributed by atoms with Crippen molar-refractivity contribution in [3.05, 3.63) is 71.4 Å². The number of halogens is 2. The normalized spacial score (nSPS) is 12.0. The summed E-state index contributed by atoms with van der Waals surface area (Å²) in [5.41, 5.74) is 3.93. The molecule has 0 bridgehead atoms. The Hall–Kier alpha value is -2.16. The molecule has 29 heavy (non-hydrogen) atoms. The van der Waals surface area contributed by atoms with E-state index in [4.69, 9.17) is 4.98 Å². The first-order chi connectivity index (χ1) is 13.4. The van der Waals surface area contributed by atoms with Gasteiger partial charge in [0.05, 0.1) is 5.69 Å². The third kappa shape index (κ3) is 5.91. The fraction of sp³-hybridized carbons (Fsp3) is 0.364. The quantitative estimate of drug-likeness (QED) is 0.299. The lowest BCUT2D eigenvalue weighted by Crippen LogP contribution is -2.44. The van der Waals surface area contributed by atoms with Crippen LogP contribution in [0, 0.1) is 12.7 Å². The Morgan fingerprint density at radius 1 is 1.21 bits per heavy atom. The molecule has 0 amide bonds. The number of fused-ring (bicyclic) bond motifs is 1. The van der Waals surface area contributed by atoms with Crippen molar-refractivity contribution >= 4 is 35.6 Å². The zero-order valence-corrected chi connectivity index (χ0v) is 19.7. The molecule has 7 heteroatoms. The van der Waals surface area contributed by atoms with Crippen LogP contribution in [0.3, 0.4) is 0 Å². The number of imidazole rings is 1. The Kier molecular flexibility index (Phi) is 8.01. The zero-order chi connectivity index (χ0) is 20.1. The van der Waals surface area contributed by atoms with Crippen LogP contribution in [0.25, 0.3) is 5.65 Å². The monoisotopic (exact) mass is 509 g/mol. The van der Waals surface area contributed by atoms with Gasteiger partial charge in [0.2, 0.25) is 0 Å². The van der Waals surface area contributed by atoms with E-state index in [0.29, 0.717) is 6.54 Å². The van der Waals surface area contributed by atoms with Crippen molar-refractivity contribution in [2.75, 3.05) is 20.1 Å². The Bertz CT molecular complexity index is 980. The number of nitrogens with one attached hydrogen (secondary N) is 2. The number of guanidine groups is 1. The van der Waals surface area contributed by atoms with Crippen LogP contribution in [0.2, 0.25) is 0 Å². The number of pyridine rings is 1. The number of hydrogen-bond acceptors (Lipinski definition) is 2. The molecule has 0 aliphatic carbocycles. The van der Waals surface area contributed by atoms with Gasteiger partial charge in [-0.05, 0) is 36.2 Å². The molecule has 0 saturated heterocycles. The smallest absolute Gasteiger partial charge is 0.191 e. The van der Waals surface area contributed by atoms with E-state index in [-0.39, 0.29) is 35.2 Å². The second-order valence-corrected chi connectivity index (χ2v) is 7.65. The van der Waals surface area contributed by atoms with Crippen molar-refractivity contribution < 1.29 is 4.39 Å². The first-order valence-electron chi connectivity index (χ1n) is 9.53. The highest BCUT2D eigenvalue weighted by atomic mass is 127. The van der Waals surface area contributed by atoms with E-state index in [1.54, 1.807) is 19.2 Å². The lowest BCUT2D eigenvalue weighted by atomic mass is 9.84. The molecule has 0 aliphatic heterocycles. The topological polar surface area (TPSA) is 53.7 Å². The molecule has 3 rings (SSSR count). The van der Waals surface area contributed by atoms with Crippen molar-refractivity contribution in [2.45, 2.75) is 32.6 Å². The summed E-state index contributed by atoms with van der Waals surface area (Å²) in [6.07, 6.45) is 4.88. The summed E-state index contributed by atoms with van der Waals surface area (Å²) >= 11 is 0. The maximum atomic E-state index is 13.5. The van der Waals surface area contributed by atoms with Crippen LogP contribution < -0.4 is 10.6 Å². The molecular weight excluding hydrogens is 480 g/mol. The van der Waals surface area contributed by atoms with Gasteiger partial charge >= 0.3 is 0 Å². The van der Waals surface area contributed by atoms with Crippen molar-refractivity contribution in [3.8, 4) is 0 Å².